The van der Waals surface area contributed by atoms with Gasteiger partial charge in [-0.3, -0.25) is 0 Å². The lowest BCUT2D eigenvalue weighted by molar-refractivity contribution is 0.629. The molecular weight excluding hydrogens is 200 g/mol. The molecule has 0 N–H and O–H groups in total. The van der Waals surface area contributed by atoms with E-state index in [-0.39, 0.29) is 0 Å². The standard InChI is InChI=1S/C11H16ClS/c1-10(5-3-2-4-7-12)11-6-8-13-9-11/h6,8-10H,1-5,7H2. The van der Waals surface area contributed by atoms with Gasteiger partial charge in [0.15, 0.2) is 0 Å². The molecule has 0 aromatic carbocycles. The minimum atomic E-state index is 0.474. The first-order valence-corrected chi connectivity index (χ1v) is 6.23. The predicted molar refractivity (Wildman–Crippen MR) is 61.6 cm³/mol. The van der Waals surface area contributed by atoms with Gasteiger partial charge in [-0.15, -0.1) is 11.6 Å². The maximum absolute atomic E-state index is 5.60. The van der Waals surface area contributed by atoms with Crippen LogP contribution in [0.3, 0.4) is 0 Å². The molecule has 0 aliphatic rings. The van der Waals surface area contributed by atoms with Crippen LogP contribution in [0.15, 0.2) is 16.8 Å². The molecule has 0 saturated heterocycles. The zero-order chi connectivity index (χ0) is 9.52. The highest BCUT2D eigenvalue weighted by molar-refractivity contribution is 7.07. The van der Waals surface area contributed by atoms with Gasteiger partial charge in [0.05, 0.1) is 0 Å². The largest absolute Gasteiger partial charge is 0.152 e. The minimum absolute atomic E-state index is 0.474. The van der Waals surface area contributed by atoms with Crippen LogP contribution in [0, 0.1) is 6.92 Å². The van der Waals surface area contributed by atoms with E-state index in [1.165, 1.54) is 24.8 Å². The van der Waals surface area contributed by atoms with Crippen LogP contribution in [-0.2, 0) is 0 Å². The van der Waals surface area contributed by atoms with Crippen LogP contribution in [-0.4, -0.2) is 5.88 Å². The first-order valence-electron chi connectivity index (χ1n) is 4.75. The van der Waals surface area contributed by atoms with E-state index in [0.717, 1.165) is 12.3 Å². The highest BCUT2D eigenvalue weighted by Crippen LogP contribution is 2.23. The van der Waals surface area contributed by atoms with Crippen molar-refractivity contribution in [2.45, 2.75) is 31.6 Å². The second kappa shape index (κ2) is 6.44. The summed E-state index contributed by atoms with van der Waals surface area (Å²) in [5.74, 6) is 1.27. The summed E-state index contributed by atoms with van der Waals surface area (Å²) in [4.78, 5) is 0. The quantitative estimate of drug-likeness (QED) is 0.486. The Hall–Kier alpha value is -0.0100. The van der Waals surface area contributed by atoms with Crippen LogP contribution in [0.5, 0.6) is 0 Å². The normalized spacial score (nSPS) is 13.1. The number of halogens is 1. The van der Waals surface area contributed by atoms with E-state index in [2.05, 4.69) is 23.8 Å². The minimum Gasteiger partial charge on any atom is -0.152 e. The molecule has 1 radical (unpaired) electrons. The van der Waals surface area contributed by atoms with Gasteiger partial charge in [-0.2, -0.15) is 11.3 Å². The summed E-state index contributed by atoms with van der Waals surface area (Å²) in [6.45, 7) is 4.15. The molecule has 1 rings (SSSR count). The number of hydrogen-bond donors (Lipinski definition) is 0. The second-order valence-electron chi connectivity index (χ2n) is 3.29. The summed E-state index contributed by atoms with van der Waals surface area (Å²) in [5, 5.41) is 4.31. The van der Waals surface area contributed by atoms with E-state index in [9.17, 15) is 0 Å². The van der Waals surface area contributed by atoms with Crippen molar-refractivity contribution in [2.75, 3.05) is 5.88 Å². The SMILES string of the molecule is [CH2]C(CCCCCCl)c1ccsc1. The topological polar surface area (TPSA) is 0 Å². The molecule has 2 heteroatoms. The lowest BCUT2D eigenvalue weighted by Crippen LogP contribution is -1.91. The van der Waals surface area contributed by atoms with Crippen molar-refractivity contribution in [3.05, 3.63) is 29.3 Å². The third-order valence-corrected chi connectivity index (χ3v) is 3.17. The van der Waals surface area contributed by atoms with Gasteiger partial charge in [0, 0.05) is 5.88 Å². The van der Waals surface area contributed by atoms with Crippen LogP contribution in [0.25, 0.3) is 0 Å². The molecule has 0 amide bonds. The monoisotopic (exact) mass is 215 g/mol. The molecule has 0 spiro atoms. The molecule has 1 heterocycles. The molecule has 1 aromatic rings. The Morgan fingerprint density at radius 2 is 2.23 bits per heavy atom. The zero-order valence-corrected chi connectivity index (χ0v) is 9.41. The molecule has 1 aromatic heterocycles. The maximum atomic E-state index is 5.60. The maximum Gasteiger partial charge on any atom is 0.0223 e. The molecule has 0 aliphatic heterocycles. The number of unbranched alkanes of at least 4 members (excludes halogenated alkanes) is 2. The van der Waals surface area contributed by atoms with Gasteiger partial charge in [0.2, 0.25) is 0 Å². The van der Waals surface area contributed by atoms with E-state index < -0.39 is 0 Å². The summed E-state index contributed by atoms with van der Waals surface area (Å²) in [5.41, 5.74) is 1.39. The van der Waals surface area contributed by atoms with Gasteiger partial charge in [-0.25, -0.2) is 0 Å². The Balaban J connectivity index is 2.15. The van der Waals surface area contributed by atoms with Crippen molar-refractivity contribution in [2.24, 2.45) is 0 Å². The Labute approximate surface area is 89.9 Å². The molecule has 0 saturated carbocycles. The smallest absolute Gasteiger partial charge is 0.0223 e. The Kier molecular flexibility index (Phi) is 5.49. The van der Waals surface area contributed by atoms with E-state index in [1.54, 1.807) is 11.3 Å². The van der Waals surface area contributed by atoms with Crippen molar-refractivity contribution in [1.29, 1.82) is 0 Å². The van der Waals surface area contributed by atoms with Gasteiger partial charge < -0.3 is 0 Å². The van der Waals surface area contributed by atoms with Crippen molar-refractivity contribution in [3.63, 3.8) is 0 Å². The second-order valence-corrected chi connectivity index (χ2v) is 4.45. The average Bonchev–Trinajstić information content (AvgIpc) is 2.65. The van der Waals surface area contributed by atoms with Crippen LogP contribution >= 0.6 is 22.9 Å². The predicted octanol–water partition coefficient (Wildman–Crippen LogP) is 4.46. The molecular formula is C11H16ClS. The molecule has 1 unspecified atom stereocenters. The Bertz CT molecular complexity index is 206. The molecule has 0 bridgehead atoms. The summed E-state index contributed by atoms with van der Waals surface area (Å²) in [6.07, 6.45) is 4.81. The highest BCUT2D eigenvalue weighted by Gasteiger charge is 2.04. The number of thiophene rings is 1. The molecule has 73 valence electrons. The molecule has 0 aliphatic carbocycles. The van der Waals surface area contributed by atoms with Crippen LogP contribution in [0.1, 0.15) is 37.2 Å². The highest BCUT2D eigenvalue weighted by atomic mass is 35.5. The van der Waals surface area contributed by atoms with Gasteiger partial charge in [-0.05, 0) is 48.1 Å². The Morgan fingerprint density at radius 3 is 2.85 bits per heavy atom. The van der Waals surface area contributed by atoms with E-state index in [0.29, 0.717) is 5.92 Å². The first kappa shape index (κ1) is 11.1. The zero-order valence-electron chi connectivity index (χ0n) is 7.84. The number of rotatable bonds is 6. The van der Waals surface area contributed by atoms with E-state index in [4.69, 9.17) is 11.6 Å². The summed E-state index contributed by atoms with van der Waals surface area (Å²) in [6, 6.07) is 2.17. The lowest BCUT2D eigenvalue weighted by atomic mass is 9.98. The fourth-order valence-corrected chi connectivity index (χ4v) is 2.27. The van der Waals surface area contributed by atoms with Crippen LogP contribution in [0.2, 0.25) is 0 Å². The van der Waals surface area contributed by atoms with Gasteiger partial charge in [0.1, 0.15) is 0 Å². The first-order chi connectivity index (χ1) is 6.34. The third-order valence-electron chi connectivity index (χ3n) is 2.20. The van der Waals surface area contributed by atoms with Crippen molar-refractivity contribution >= 4 is 22.9 Å². The number of hydrogen-bond acceptors (Lipinski definition) is 1. The summed E-state index contributed by atoms with van der Waals surface area (Å²) in [7, 11) is 0. The van der Waals surface area contributed by atoms with Crippen molar-refractivity contribution in [1.82, 2.24) is 0 Å². The molecule has 0 fully saturated rings. The third kappa shape index (κ3) is 4.15. The number of alkyl halides is 1. The molecule has 13 heavy (non-hydrogen) atoms. The Morgan fingerprint density at radius 1 is 1.38 bits per heavy atom. The fraction of sp³-hybridized carbons (Fsp3) is 0.545. The summed E-state index contributed by atoms with van der Waals surface area (Å²) >= 11 is 7.35. The van der Waals surface area contributed by atoms with Crippen molar-refractivity contribution < 1.29 is 0 Å². The van der Waals surface area contributed by atoms with Gasteiger partial charge in [-0.1, -0.05) is 12.8 Å². The fourth-order valence-electron chi connectivity index (χ4n) is 1.34. The van der Waals surface area contributed by atoms with Gasteiger partial charge in [0.25, 0.3) is 0 Å². The van der Waals surface area contributed by atoms with Crippen molar-refractivity contribution in [3.8, 4) is 0 Å². The molecule has 0 nitrogen and oxygen atoms in total. The lowest BCUT2D eigenvalue weighted by Gasteiger charge is -2.08. The van der Waals surface area contributed by atoms with E-state index in [1.807, 2.05) is 0 Å². The summed E-state index contributed by atoms with van der Waals surface area (Å²) < 4.78 is 0. The van der Waals surface area contributed by atoms with E-state index >= 15 is 0 Å². The average molecular weight is 216 g/mol. The van der Waals surface area contributed by atoms with Crippen LogP contribution in [0.4, 0.5) is 0 Å². The van der Waals surface area contributed by atoms with Crippen LogP contribution < -0.4 is 0 Å². The van der Waals surface area contributed by atoms with Gasteiger partial charge >= 0.3 is 0 Å². The molecule has 1 atom stereocenters.